The molecule has 5 heteroatoms. The van der Waals surface area contributed by atoms with E-state index < -0.39 is 8.80 Å². The molecule has 17 heavy (non-hydrogen) atoms. The highest BCUT2D eigenvalue weighted by molar-refractivity contribution is 6.62. The second-order valence-electron chi connectivity index (χ2n) is 4.68. The van der Waals surface area contributed by atoms with Crippen LogP contribution in [0.1, 0.15) is 45.4 Å². The van der Waals surface area contributed by atoms with E-state index in [1.165, 1.54) is 32.1 Å². The molecule has 1 rings (SSSR count). The molecule has 0 bridgehead atoms. The number of hydrogen-bond acceptors (Lipinski definition) is 4. The normalized spacial score (nSPS) is 20.5. The van der Waals surface area contributed by atoms with E-state index in [0.717, 1.165) is 6.42 Å². The Kier molecular flexibility index (Phi) is 6.65. The lowest BCUT2D eigenvalue weighted by molar-refractivity contribution is 0.102. The summed E-state index contributed by atoms with van der Waals surface area (Å²) in [6.07, 6.45) is 7.52. The van der Waals surface area contributed by atoms with Crippen LogP contribution < -0.4 is 5.32 Å². The zero-order valence-corrected chi connectivity index (χ0v) is 12.6. The maximum atomic E-state index is 5.56. The van der Waals surface area contributed by atoms with E-state index in [0.29, 0.717) is 6.04 Å². The zero-order chi connectivity index (χ0) is 12.7. The number of rotatable bonds is 7. The Morgan fingerprint density at radius 3 is 2.00 bits per heavy atom. The van der Waals surface area contributed by atoms with Gasteiger partial charge in [0.2, 0.25) is 0 Å². The molecule has 0 aliphatic heterocycles. The molecule has 0 aromatic heterocycles. The van der Waals surface area contributed by atoms with Crippen molar-refractivity contribution in [3.8, 4) is 0 Å². The molecule has 1 unspecified atom stereocenters. The molecular formula is C12H27NO3Si. The molecule has 0 heterocycles. The van der Waals surface area contributed by atoms with Gasteiger partial charge in [0.1, 0.15) is 0 Å². The lowest BCUT2D eigenvalue weighted by Crippen LogP contribution is -2.62. The fourth-order valence-electron chi connectivity index (χ4n) is 2.70. The van der Waals surface area contributed by atoms with Crippen LogP contribution in [0.5, 0.6) is 0 Å². The van der Waals surface area contributed by atoms with E-state index in [1.54, 1.807) is 21.3 Å². The zero-order valence-electron chi connectivity index (χ0n) is 11.6. The third-order valence-corrected chi connectivity index (χ3v) is 6.87. The van der Waals surface area contributed by atoms with E-state index in [9.17, 15) is 0 Å². The van der Waals surface area contributed by atoms with Gasteiger partial charge in [-0.3, -0.25) is 0 Å². The first-order valence-corrected chi connectivity index (χ1v) is 8.44. The average molecular weight is 261 g/mol. The summed E-state index contributed by atoms with van der Waals surface area (Å²) in [4.78, 5) is 0. The third-order valence-electron chi connectivity index (χ3n) is 3.73. The first-order chi connectivity index (χ1) is 8.22. The minimum absolute atomic E-state index is 0.200. The van der Waals surface area contributed by atoms with Gasteiger partial charge < -0.3 is 18.6 Å². The molecule has 1 atom stereocenters. The van der Waals surface area contributed by atoms with Crippen LogP contribution in [0.2, 0.25) is 0 Å². The van der Waals surface area contributed by atoms with Crippen LogP contribution in [0.15, 0.2) is 0 Å². The maximum Gasteiger partial charge on any atom is 0.518 e. The molecule has 0 aromatic rings. The van der Waals surface area contributed by atoms with Crippen LogP contribution in [0.4, 0.5) is 0 Å². The first-order valence-electron chi connectivity index (χ1n) is 6.63. The van der Waals surface area contributed by atoms with Crippen LogP contribution in [0.3, 0.4) is 0 Å². The van der Waals surface area contributed by atoms with Gasteiger partial charge in [-0.25, -0.2) is 0 Å². The van der Waals surface area contributed by atoms with Gasteiger partial charge in [-0.15, -0.1) is 0 Å². The molecule has 1 aliphatic carbocycles. The van der Waals surface area contributed by atoms with Gasteiger partial charge in [-0.05, 0) is 19.3 Å². The fourth-order valence-corrected chi connectivity index (χ4v) is 4.99. The van der Waals surface area contributed by atoms with Crippen LogP contribution in [0.25, 0.3) is 0 Å². The molecule has 0 amide bonds. The molecule has 4 nitrogen and oxygen atoms in total. The summed E-state index contributed by atoms with van der Waals surface area (Å²) in [6.45, 7) is 2.15. The Labute approximate surface area is 106 Å². The van der Waals surface area contributed by atoms with Gasteiger partial charge in [0.05, 0.1) is 5.67 Å². The summed E-state index contributed by atoms with van der Waals surface area (Å²) in [5.41, 5.74) is 0.200. The van der Waals surface area contributed by atoms with Crippen molar-refractivity contribution in [1.29, 1.82) is 0 Å². The summed E-state index contributed by atoms with van der Waals surface area (Å²) in [5, 5.41) is 3.69. The number of hydrogen-bond donors (Lipinski definition) is 1. The second-order valence-corrected chi connectivity index (χ2v) is 7.81. The quantitative estimate of drug-likeness (QED) is 0.713. The van der Waals surface area contributed by atoms with Crippen LogP contribution in [0, 0.1) is 0 Å². The molecule has 1 saturated carbocycles. The van der Waals surface area contributed by atoms with Gasteiger partial charge >= 0.3 is 8.80 Å². The molecule has 1 N–H and O–H groups in total. The molecule has 0 radical (unpaired) electrons. The molecular weight excluding hydrogens is 234 g/mol. The molecule has 0 saturated heterocycles. The van der Waals surface area contributed by atoms with Crippen molar-refractivity contribution in [2.24, 2.45) is 0 Å². The monoisotopic (exact) mass is 261 g/mol. The smallest absolute Gasteiger partial charge is 0.376 e. The van der Waals surface area contributed by atoms with Gasteiger partial charge in [-0.1, -0.05) is 26.2 Å². The highest BCUT2D eigenvalue weighted by Crippen LogP contribution is 2.21. The van der Waals surface area contributed by atoms with E-state index in [-0.39, 0.29) is 5.67 Å². The Morgan fingerprint density at radius 1 is 1.06 bits per heavy atom. The minimum atomic E-state index is -2.54. The molecule has 102 valence electrons. The number of nitrogens with one attached hydrogen (secondary N) is 1. The predicted molar refractivity (Wildman–Crippen MR) is 70.9 cm³/mol. The predicted octanol–water partition coefficient (Wildman–Crippen LogP) is 2.10. The van der Waals surface area contributed by atoms with Crippen molar-refractivity contribution in [3.63, 3.8) is 0 Å². The van der Waals surface area contributed by atoms with E-state index in [2.05, 4.69) is 12.2 Å². The summed E-state index contributed by atoms with van der Waals surface area (Å²) in [7, 11) is 2.51. The average Bonchev–Trinajstić information content (AvgIpc) is 2.41. The lowest BCUT2D eigenvalue weighted by atomic mass is 9.95. The van der Waals surface area contributed by atoms with E-state index in [1.807, 2.05) is 0 Å². The van der Waals surface area contributed by atoms with Crippen molar-refractivity contribution in [2.45, 2.75) is 57.2 Å². The second kappa shape index (κ2) is 7.48. The van der Waals surface area contributed by atoms with Gasteiger partial charge in [0.25, 0.3) is 0 Å². The highest BCUT2D eigenvalue weighted by atomic mass is 28.4. The lowest BCUT2D eigenvalue weighted by Gasteiger charge is -2.36. The van der Waals surface area contributed by atoms with Crippen LogP contribution in [-0.2, 0) is 13.3 Å². The van der Waals surface area contributed by atoms with Gasteiger partial charge in [0.15, 0.2) is 0 Å². The van der Waals surface area contributed by atoms with Crippen molar-refractivity contribution < 1.29 is 13.3 Å². The Hall–Kier alpha value is 0.0569. The maximum absolute atomic E-state index is 5.56. The van der Waals surface area contributed by atoms with Crippen molar-refractivity contribution in [1.82, 2.24) is 5.32 Å². The topological polar surface area (TPSA) is 39.7 Å². The summed E-state index contributed by atoms with van der Waals surface area (Å²) >= 11 is 0. The van der Waals surface area contributed by atoms with Gasteiger partial charge in [-0.2, -0.15) is 0 Å². The molecule has 1 aliphatic rings. The van der Waals surface area contributed by atoms with E-state index in [4.69, 9.17) is 13.3 Å². The Balaban J connectivity index is 2.61. The SMILES string of the molecule is CCC(NC1CCCCC1)[Si](OC)(OC)OC. The summed E-state index contributed by atoms with van der Waals surface area (Å²) in [6, 6.07) is 0.598. The summed E-state index contributed by atoms with van der Waals surface area (Å²) in [5.74, 6) is 0. The molecule has 0 aromatic carbocycles. The third kappa shape index (κ3) is 3.76. The van der Waals surface area contributed by atoms with E-state index >= 15 is 0 Å². The summed E-state index contributed by atoms with van der Waals surface area (Å²) < 4.78 is 16.7. The van der Waals surface area contributed by atoms with Crippen molar-refractivity contribution in [2.75, 3.05) is 21.3 Å². The van der Waals surface area contributed by atoms with Crippen molar-refractivity contribution in [3.05, 3.63) is 0 Å². The van der Waals surface area contributed by atoms with Crippen molar-refractivity contribution >= 4 is 8.80 Å². The largest absolute Gasteiger partial charge is 0.518 e. The van der Waals surface area contributed by atoms with Crippen LogP contribution in [-0.4, -0.2) is 41.8 Å². The highest BCUT2D eigenvalue weighted by Gasteiger charge is 2.47. The Bertz CT molecular complexity index is 198. The first kappa shape index (κ1) is 15.1. The molecule has 0 spiro atoms. The fraction of sp³-hybridized carbons (Fsp3) is 1.00. The standard InChI is InChI=1S/C12H27NO3Si/c1-5-12(17(14-2,15-3)16-4)13-11-9-7-6-8-10-11/h11-13H,5-10H2,1-4H3. The van der Waals surface area contributed by atoms with Gasteiger partial charge in [0, 0.05) is 27.4 Å². The van der Waals surface area contributed by atoms with Crippen LogP contribution >= 0.6 is 0 Å². The minimum Gasteiger partial charge on any atom is -0.376 e. The molecule has 1 fully saturated rings. The Morgan fingerprint density at radius 2 is 1.59 bits per heavy atom.